The Morgan fingerprint density at radius 2 is 1.80 bits per heavy atom. The Morgan fingerprint density at radius 3 is 2.44 bits per heavy atom. The van der Waals surface area contributed by atoms with Crippen molar-refractivity contribution in [1.29, 1.82) is 0 Å². The predicted octanol–water partition coefficient (Wildman–Crippen LogP) is 2.91. The Bertz CT molecular complexity index is 800. The molecule has 0 fully saturated rings. The molecule has 130 valence electrons. The fourth-order valence-corrected chi connectivity index (χ4v) is 3.23. The van der Waals surface area contributed by atoms with E-state index in [1.807, 2.05) is 19.9 Å². The van der Waals surface area contributed by atoms with Crippen molar-refractivity contribution in [3.63, 3.8) is 0 Å². The molecule has 0 spiro atoms. The number of ketones is 1. The Morgan fingerprint density at radius 1 is 1.12 bits per heavy atom. The molecule has 0 saturated carbocycles. The van der Waals surface area contributed by atoms with Gasteiger partial charge >= 0.3 is 0 Å². The van der Waals surface area contributed by atoms with Crippen LogP contribution in [0.3, 0.4) is 0 Å². The normalized spacial score (nSPS) is 19.0. The molecule has 0 unspecified atom stereocenters. The number of fused-ring (bicyclic) bond motifs is 1. The highest BCUT2D eigenvalue weighted by Crippen LogP contribution is 2.42. The number of aliphatic hydroxyl groups is 1. The Kier molecular flexibility index (Phi) is 4.59. The molecule has 0 aromatic heterocycles. The zero-order valence-corrected chi connectivity index (χ0v) is 14.4. The molecule has 0 radical (unpaired) electrons. The van der Waals surface area contributed by atoms with Gasteiger partial charge in [0.05, 0.1) is 18.7 Å². The van der Waals surface area contributed by atoms with Crippen LogP contribution < -0.4 is 9.64 Å². The van der Waals surface area contributed by atoms with E-state index in [1.165, 1.54) is 4.90 Å². The van der Waals surface area contributed by atoms with Gasteiger partial charge in [0.25, 0.3) is 5.91 Å². The standard InChI is InChI=1S/C20H21NO4/c1-3-21-17-8-6-5-7-16(17)20(24,19(21)23)13-18(22)14-9-11-15(12-10-14)25-4-2/h5-12,24H,3-4,13H2,1-2H3/t20-/m0/s1. The molecule has 2 aromatic rings. The van der Waals surface area contributed by atoms with Crippen LogP contribution in [0.2, 0.25) is 0 Å². The van der Waals surface area contributed by atoms with Crippen molar-refractivity contribution in [3.05, 3.63) is 59.7 Å². The number of ether oxygens (including phenoxy) is 1. The molecule has 1 aliphatic rings. The van der Waals surface area contributed by atoms with Crippen molar-refractivity contribution in [1.82, 2.24) is 0 Å². The fourth-order valence-electron chi connectivity index (χ4n) is 3.23. The van der Waals surface area contributed by atoms with E-state index >= 15 is 0 Å². The summed E-state index contributed by atoms with van der Waals surface area (Å²) in [5.41, 5.74) is -0.224. The summed E-state index contributed by atoms with van der Waals surface area (Å²) in [6.07, 6.45) is -0.284. The van der Waals surface area contributed by atoms with Crippen LogP contribution in [-0.4, -0.2) is 29.9 Å². The zero-order valence-electron chi connectivity index (χ0n) is 14.4. The summed E-state index contributed by atoms with van der Waals surface area (Å²) in [5, 5.41) is 11.0. The topological polar surface area (TPSA) is 66.8 Å². The van der Waals surface area contributed by atoms with Crippen LogP contribution in [0, 0.1) is 0 Å². The van der Waals surface area contributed by atoms with E-state index in [0.29, 0.717) is 35.7 Å². The van der Waals surface area contributed by atoms with E-state index in [9.17, 15) is 14.7 Å². The quantitative estimate of drug-likeness (QED) is 0.822. The molecular formula is C20H21NO4. The molecule has 0 bridgehead atoms. The van der Waals surface area contributed by atoms with Gasteiger partial charge in [-0.15, -0.1) is 0 Å². The first-order valence-electron chi connectivity index (χ1n) is 8.41. The number of carbonyl (C=O) groups is 2. The average Bonchev–Trinajstić information content (AvgIpc) is 2.83. The maximum atomic E-state index is 12.7. The maximum absolute atomic E-state index is 12.7. The molecule has 1 amide bonds. The van der Waals surface area contributed by atoms with Crippen LogP contribution in [0.15, 0.2) is 48.5 Å². The minimum atomic E-state index is -1.82. The third-order valence-electron chi connectivity index (χ3n) is 4.46. The number of Topliss-reactive ketones (excluding diaryl/α,β-unsaturated/α-hetero) is 1. The lowest BCUT2D eigenvalue weighted by atomic mass is 9.88. The van der Waals surface area contributed by atoms with Gasteiger partial charge in [0, 0.05) is 17.7 Å². The van der Waals surface area contributed by atoms with Crippen LogP contribution in [-0.2, 0) is 10.4 Å². The number of likely N-dealkylation sites (N-methyl/N-ethyl adjacent to an activating group) is 1. The number of anilines is 1. The van der Waals surface area contributed by atoms with E-state index in [-0.39, 0.29) is 12.2 Å². The molecule has 1 heterocycles. The average molecular weight is 339 g/mol. The smallest absolute Gasteiger partial charge is 0.264 e. The second-order valence-corrected chi connectivity index (χ2v) is 5.98. The number of para-hydroxylation sites is 1. The molecule has 5 heteroatoms. The lowest BCUT2D eigenvalue weighted by molar-refractivity contribution is -0.135. The summed E-state index contributed by atoms with van der Waals surface area (Å²) in [7, 11) is 0. The van der Waals surface area contributed by atoms with Gasteiger partial charge in [0.15, 0.2) is 11.4 Å². The number of nitrogens with zero attached hydrogens (tertiary/aromatic N) is 1. The molecule has 2 aromatic carbocycles. The molecule has 3 rings (SSSR count). The second kappa shape index (κ2) is 6.69. The van der Waals surface area contributed by atoms with Gasteiger partial charge in [0.2, 0.25) is 0 Å². The van der Waals surface area contributed by atoms with Crippen molar-refractivity contribution >= 4 is 17.4 Å². The van der Waals surface area contributed by atoms with Gasteiger partial charge in [0.1, 0.15) is 5.75 Å². The van der Waals surface area contributed by atoms with Crippen molar-refractivity contribution in [3.8, 4) is 5.75 Å². The second-order valence-electron chi connectivity index (χ2n) is 5.98. The van der Waals surface area contributed by atoms with E-state index in [4.69, 9.17) is 4.74 Å². The van der Waals surface area contributed by atoms with Gasteiger partial charge in [-0.05, 0) is 44.2 Å². The highest BCUT2D eigenvalue weighted by molar-refractivity contribution is 6.10. The minimum Gasteiger partial charge on any atom is -0.494 e. The minimum absolute atomic E-state index is 0.284. The Balaban J connectivity index is 1.88. The van der Waals surface area contributed by atoms with Crippen LogP contribution >= 0.6 is 0 Å². The van der Waals surface area contributed by atoms with Crippen LogP contribution in [0.5, 0.6) is 5.75 Å². The largest absolute Gasteiger partial charge is 0.494 e. The first-order chi connectivity index (χ1) is 12.0. The summed E-state index contributed by atoms with van der Waals surface area (Å²) in [6.45, 7) is 4.71. The summed E-state index contributed by atoms with van der Waals surface area (Å²) in [6, 6.07) is 13.8. The molecule has 0 aliphatic carbocycles. The number of carbonyl (C=O) groups excluding carboxylic acids is 2. The fraction of sp³-hybridized carbons (Fsp3) is 0.300. The van der Waals surface area contributed by atoms with Gasteiger partial charge in [-0.2, -0.15) is 0 Å². The summed E-state index contributed by atoms with van der Waals surface area (Å²) in [4.78, 5) is 26.9. The third-order valence-corrected chi connectivity index (χ3v) is 4.46. The number of hydrogen-bond acceptors (Lipinski definition) is 4. The highest BCUT2D eigenvalue weighted by Gasteiger charge is 2.50. The molecule has 5 nitrogen and oxygen atoms in total. The molecule has 1 atom stereocenters. The van der Waals surface area contributed by atoms with E-state index in [2.05, 4.69) is 0 Å². The van der Waals surface area contributed by atoms with Crippen molar-refractivity contribution < 1.29 is 19.4 Å². The zero-order chi connectivity index (χ0) is 18.0. The molecule has 25 heavy (non-hydrogen) atoms. The summed E-state index contributed by atoms with van der Waals surface area (Å²) < 4.78 is 5.36. The molecule has 1 N–H and O–H groups in total. The van der Waals surface area contributed by atoms with Crippen LogP contribution in [0.4, 0.5) is 5.69 Å². The Hall–Kier alpha value is -2.66. The van der Waals surface area contributed by atoms with Crippen molar-refractivity contribution in [2.45, 2.75) is 25.9 Å². The molecule has 0 saturated heterocycles. The van der Waals surface area contributed by atoms with Gasteiger partial charge in [-0.25, -0.2) is 0 Å². The van der Waals surface area contributed by atoms with E-state index in [0.717, 1.165) is 0 Å². The molecular weight excluding hydrogens is 318 g/mol. The SMILES string of the molecule is CCOc1ccc(C(=O)C[C@@]2(O)C(=O)N(CC)c3ccccc32)cc1. The number of amides is 1. The van der Waals surface area contributed by atoms with Crippen LogP contribution in [0.1, 0.15) is 36.2 Å². The first-order valence-corrected chi connectivity index (χ1v) is 8.41. The van der Waals surface area contributed by atoms with Crippen LogP contribution in [0.25, 0.3) is 0 Å². The van der Waals surface area contributed by atoms with Gasteiger partial charge in [-0.1, -0.05) is 18.2 Å². The monoisotopic (exact) mass is 339 g/mol. The predicted molar refractivity (Wildman–Crippen MR) is 94.9 cm³/mol. The lowest BCUT2D eigenvalue weighted by Gasteiger charge is -2.22. The summed E-state index contributed by atoms with van der Waals surface area (Å²) >= 11 is 0. The van der Waals surface area contributed by atoms with Crippen molar-refractivity contribution in [2.75, 3.05) is 18.1 Å². The Labute approximate surface area is 146 Å². The number of hydrogen-bond donors (Lipinski definition) is 1. The number of benzene rings is 2. The van der Waals surface area contributed by atoms with E-state index < -0.39 is 11.5 Å². The molecule has 1 aliphatic heterocycles. The van der Waals surface area contributed by atoms with Gasteiger partial charge < -0.3 is 14.7 Å². The third kappa shape index (κ3) is 2.91. The highest BCUT2D eigenvalue weighted by atomic mass is 16.5. The number of rotatable bonds is 6. The van der Waals surface area contributed by atoms with Gasteiger partial charge in [-0.3, -0.25) is 9.59 Å². The summed E-state index contributed by atoms with van der Waals surface area (Å²) in [5.74, 6) is -0.0562. The lowest BCUT2D eigenvalue weighted by Crippen LogP contribution is -2.41. The van der Waals surface area contributed by atoms with E-state index in [1.54, 1.807) is 42.5 Å². The maximum Gasteiger partial charge on any atom is 0.264 e. The first kappa shape index (κ1) is 17.2. The van der Waals surface area contributed by atoms with Crippen molar-refractivity contribution in [2.24, 2.45) is 0 Å².